The van der Waals surface area contributed by atoms with E-state index in [1.807, 2.05) is 24.3 Å². The molecule has 24 heavy (non-hydrogen) atoms. The van der Waals surface area contributed by atoms with Crippen LogP contribution in [0.4, 0.5) is 0 Å². The standard InChI is InChI=1S/C20H22O4/c1-14(2)16-6-8-18(9-7-16)24-13-17-12-15(5-11-20(21)22)4-10-19(17)23-3/h4-12,14H,13H2,1-3H3,(H,21,22). The summed E-state index contributed by atoms with van der Waals surface area (Å²) < 4.78 is 11.2. The van der Waals surface area contributed by atoms with Gasteiger partial charge < -0.3 is 14.6 Å². The van der Waals surface area contributed by atoms with Gasteiger partial charge in [-0.05, 0) is 47.4 Å². The van der Waals surface area contributed by atoms with Gasteiger partial charge in [0.1, 0.15) is 18.1 Å². The highest BCUT2D eigenvalue weighted by Crippen LogP contribution is 2.24. The summed E-state index contributed by atoms with van der Waals surface area (Å²) in [4.78, 5) is 10.6. The van der Waals surface area contributed by atoms with E-state index in [1.165, 1.54) is 5.56 Å². The maximum Gasteiger partial charge on any atom is 0.328 e. The predicted molar refractivity (Wildman–Crippen MR) is 94.5 cm³/mol. The number of aliphatic carboxylic acids is 1. The molecule has 0 bridgehead atoms. The van der Waals surface area contributed by atoms with E-state index >= 15 is 0 Å². The molecule has 0 radical (unpaired) electrons. The normalized spacial score (nSPS) is 11.0. The smallest absolute Gasteiger partial charge is 0.328 e. The van der Waals surface area contributed by atoms with Gasteiger partial charge in [-0.15, -0.1) is 0 Å². The van der Waals surface area contributed by atoms with Crippen molar-refractivity contribution >= 4 is 12.0 Å². The lowest BCUT2D eigenvalue weighted by molar-refractivity contribution is -0.131. The van der Waals surface area contributed by atoms with Crippen LogP contribution in [0.3, 0.4) is 0 Å². The van der Waals surface area contributed by atoms with Gasteiger partial charge in [0.2, 0.25) is 0 Å². The van der Waals surface area contributed by atoms with Crippen LogP contribution < -0.4 is 9.47 Å². The molecule has 2 rings (SSSR count). The number of carbonyl (C=O) groups is 1. The van der Waals surface area contributed by atoms with Crippen LogP contribution in [0.5, 0.6) is 11.5 Å². The summed E-state index contributed by atoms with van der Waals surface area (Å²) in [5, 5.41) is 8.72. The van der Waals surface area contributed by atoms with E-state index in [0.717, 1.165) is 23.0 Å². The molecule has 4 nitrogen and oxygen atoms in total. The SMILES string of the molecule is COc1ccc(C=CC(=O)O)cc1COc1ccc(C(C)C)cc1. The summed E-state index contributed by atoms with van der Waals surface area (Å²) in [6.07, 6.45) is 2.65. The van der Waals surface area contributed by atoms with Crippen LogP contribution in [-0.2, 0) is 11.4 Å². The first-order valence-corrected chi connectivity index (χ1v) is 7.80. The van der Waals surface area contributed by atoms with E-state index < -0.39 is 5.97 Å². The fourth-order valence-electron chi connectivity index (χ4n) is 2.29. The summed E-state index contributed by atoms with van der Waals surface area (Å²) in [5.41, 5.74) is 2.91. The van der Waals surface area contributed by atoms with Crippen molar-refractivity contribution in [3.8, 4) is 11.5 Å². The van der Waals surface area contributed by atoms with Crippen LogP contribution in [-0.4, -0.2) is 18.2 Å². The third-order valence-electron chi connectivity index (χ3n) is 3.66. The molecule has 0 aliphatic carbocycles. The van der Waals surface area contributed by atoms with Crippen molar-refractivity contribution in [1.82, 2.24) is 0 Å². The van der Waals surface area contributed by atoms with Crippen LogP contribution in [0.2, 0.25) is 0 Å². The van der Waals surface area contributed by atoms with Crippen molar-refractivity contribution in [3.63, 3.8) is 0 Å². The van der Waals surface area contributed by atoms with Crippen LogP contribution in [0.1, 0.15) is 36.5 Å². The summed E-state index contributed by atoms with van der Waals surface area (Å²) >= 11 is 0. The molecule has 126 valence electrons. The Morgan fingerprint density at radius 3 is 2.46 bits per heavy atom. The topological polar surface area (TPSA) is 55.8 Å². The summed E-state index contributed by atoms with van der Waals surface area (Å²) in [7, 11) is 1.60. The van der Waals surface area contributed by atoms with Gasteiger partial charge in [-0.25, -0.2) is 4.79 Å². The molecule has 4 heteroatoms. The van der Waals surface area contributed by atoms with Gasteiger partial charge in [0.15, 0.2) is 0 Å². The molecule has 0 heterocycles. The van der Waals surface area contributed by atoms with Crippen molar-refractivity contribution in [2.75, 3.05) is 7.11 Å². The molecule has 0 spiro atoms. The summed E-state index contributed by atoms with van der Waals surface area (Å²) in [6.45, 7) is 4.65. The lowest BCUT2D eigenvalue weighted by Gasteiger charge is -2.12. The van der Waals surface area contributed by atoms with Crippen molar-refractivity contribution in [1.29, 1.82) is 0 Å². The molecule has 0 aromatic heterocycles. The van der Waals surface area contributed by atoms with Crippen LogP contribution in [0.25, 0.3) is 6.08 Å². The molecule has 0 saturated carbocycles. The lowest BCUT2D eigenvalue weighted by atomic mass is 10.0. The van der Waals surface area contributed by atoms with Gasteiger partial charge in [-0.1, -0.05) is 32.0 Å². The fraction of sp³-hybridized carbons (Fsp3) is 0.250. The monoisotopic (exact) mass is 326 g/mol. The fourth-order valence-corrected chi connectivity index (χ4v) is 2.29. The first-order valence-electron chi connectivity index (χ1n) is 7.80. The van der Waals surface area contributed by atoms with Crippen LogP contribution >= 0.6 is 0 Å². The molecule has 0 unspecified atom stereocenters. The number of hydrogen-bond acceptors (Lipinski definition) is 3. The minimum absolute atomic E-state index is 0.346. The van der Waals surface area contributed by atoms with E-state index in [2.05, 4.69) is 26.0 Å². The van der Waals surface area contributed by atoms with Gasteiger partial charge in [0.05, 0.1) is 7.11 Å². The zero-order valence-electron chi connectivity index (χ0n) is 14.2. The first kappa shape index (κ1) is 17.6. The lowest BCUT2D eigenvalue weighted by Crippen LogP contribution is -1.99. The van der Waals surface area contributed by atoms with E-state index in [9.17, 15) is 4.79 Å². The molecule has 0 saturated heterocycles. The Morgan fingerprint density at radius 1 is 1.17 bits per heavy atom. The minimum atomic E-state index is -0.978. The Hall–Kier alpha value is -2.75. The number of carboxylic acid groups (broad SMARTS) is 1. The maximum atomic E-state index is 10.6. The number of rotatable bonds is 7. The molecule has 0 fully saturated rings. The van der Waals surface area contributed by atoms with Crippen LogP contribution in [0, 0.1) is 0 Å². The van der Waals surface area contributed by atoms with Gasteiger partial charge in [-0.3, -0.25) is 0 Å². The largest absolute Gasteiger partial charge is 0.496 e. The van der Waals surface area contributed by atoms with Gasteiger partial charge in [0, 0.05) is 11.6 Å². The maximum absolute atomic E-state index is 10.6. The number of methoxy groups -OCH3 is 1. The Labute approximate surface area is 142 Å². The highest BCUT2D eigenvalue weighted by molar-refractivity contribution is 5.85. The Morgan fingerprint density at radius 2 is 1.88 bits per heavy atom. The van der Waals surface area contributed by atoms with E-state index in [-0.39, 0.29) is 0 Å². The van der Waals surface area contributed by atoms with Crippen LogP contribution in [0.15, 0.2) is 48.5 Å². The van der Waals surface area contributed by atoms with E-state index in [0.29, 0.717) is 18.3 Å². The summed E-state index contributed by atoms with van der Waals surface area (Å²) in [5.74, 6) is 1.000. The van der Waals surface area contributed by atoms with Crippen molar-refractivity contribution in [2.45, 2.75) is 26.4 Å². The summed E-state index contributed by atoms with van der Waals surface area (Å²) in [6, 6.07) is 13.5. The van der Waals surface area contributed by atoms with E-state index in [4.69, 9.17) is 14.6 Å². The second-order valence-electron chi connectivity index (χ2n) is 5.76. The van der Waals surface area contributed by atoms with Gasteiger partial charge >= 0.3 is 5.97 Å². The minimum Gasteiger partial charge on any atom is -0.496 e. The molecule has 0 atom stereocenters. The molecular weight excluding hydrogens is 304 g/mol. The molecule has 2 aromatic rings. The van der Waals surface area contributed by atoms with Crippen molar-refractivity contribution in [3.05, 3.63) is 65.2 Å². The third-order valence-corrected chi connectivity index (χ3v) is 3.66. The molecule has 0 aliphatic rings. The second kappa shape index (κ2) is 8.20. The molecular formula is C20H22O4. The molecule has 0 amide bonds. The van der Waals surface area contributed by atoms with E-state index in [1.54, 1.807) is 19.3 Å². The molecule has 1 N–H and O–H groups in total. The number of benzene rings is 2. The highest BCUT2D eigenvalue weighted by atomic mass is 16.5. The second-order valence-corrected chi connectivity index (χ2v) is 5.76. The number of ether oxygens (including phenoxy) is 2. The average Bonchev–Trinajstić information content (AvgIpc) is 2.58. The quantitative estimate of drug-likeness (QED) is 0.761. The zero-order valence-corrected chi connectivity index (χ0v) is 14.2. The number of carboxylic acids is 1. The molecule has 0 aliphatic heterocycles. The van der Waals surface area contributed by atoms with Crippen molar-refractivity contribution < 1.29 is 19.4 Å². The highest BCUT2D eigenvalue weighted by Gasteiger charge is 2.06. The Balaban J connectivity index is 2.12. The average molecular weight is 326 g/mol. The Bertz CT molecular complexity index is 715. The van der Waals surface area contributed by atoms with Gasteiger partial charge in [-0.2, -0.15) is 0 Å². The van der Waals surface area contributed by atoms with Gasteiger partial charge in [0.25, 0.3) is 0 Å². The molecule has 2 aromatic carbocycles. The van der Waals surface area contributed by atoms with Crippen molar-refractivity contribution in [2.24, 2.45) is 0 Å². The zero-order chi connectivity index (χ0) is 17.5. The first-order chi connectivity index (χ1) is 11.5. The Kier molecular flexibility index (Phi) is 6.01. The predicted octanol–water partition coefficient (Wildman–Crippen LogP) is 4.50. The third kappa shape index (κ3) is 4.88. The number of hydrogen-bond donors (Lipinski definition) is 1.